The second-order valence-electron chi connectivity index (χ2n) is 4.94. The standard InChI is InChI=1S/C13H22N4O2S/c1-5-16-11(18)10(9-14-7-8-15(3)4)12(19)17(6-2)13(16)20/h9-10H,5-8H2,1-4H3/p+1. The van der Waals surface area contributed by atoms with Gasteiger partial charge in [-0.3, -0.25) is 24.4 Å². The zero-order chi connectivity index (χ0) is 15.3. The molecule has 1 fully saturated rings. The molecule has 6 nitrogen and oxygen atoms in total. The molecule has 1 saturated heterocycles. The van der Waals surface area contributed by atoms with Crippen LogP contribution in [-0.2, 0) is 9.59 Å². The molecule has 0 radical (unpaired) electrons. The van der Waals surface area contributed by atoms with Gasteiger partial charge in [-0.2, -0.15) is 0 Å². The third-order valence-corrected chi connectivity index (χ3v) is 3.59. The van der Waals surface area contributed by atoms with Gasteiger partial charge >= 0.3 is 0 Å². The van der Waals surface area contributed by atoms with Gasteiger partial charge in [0.05, 0.1) is 27.2 Å². The van der Waals surface area contributed by atoms with Crippen molar-refractivity contribution in [2.75, 3.05) is 40.3 Å². The average molecular weight is 299 g/mol. The van der Waals surface area contributed by atoms with E-state index in [0.717, 1.165) is 6.54 Å². The second kappa shape index (κ2) is 7.44. The molecule has 0 aliphatic carbocycles. The van der Waals surface area contributed by atoms with Crippen LogP contribution in [0.3, 0.4) is 0 Å². The first-order valence-electron chi connectivity index (χ1n) is 6.89. The first-order valence-corrected chi connectivity index (χ1v) is 7.30. The number of amides is 2. The monoisotopic (exact) mass is 299 g/mol. The van der Waals surface area contributed by atoms with Crippen molar-refractivity contribution in [3.8, 4) is 0 Å². The van der Waals surface area contributed by atoms with Crippen LogP contribution >= 0.6 is 12.2 Å². The highest BCUT2D eigenvalue weighted by molar-refractivity contribution is 7.80. The van der Waals surface area contributed by atoms with E-state index < -0.39 is 5.92 Å². The number of likely N-dealkylation sites (N-methyl/N-ethyl adjacent to an activating group) is 1. The fourth-order valence-electron chi connectivity index (χ4n) is 1.95. The summed E-state index contributed by atoms with van der Waals surface area (Å²) in [4.78, 5) is 32.9. The van der Waals surface area contributed by atoms with Gasteiger partial charge in [-0.15, -0.1) is 0 Å². The molecule has 0 aromatic heterocycles. The molecule has 0 atom stereocenters. The van der Waals surface area contributed by atoms with Crippen LogP contribution in [0.5, 0.6) is 0 Å². The van der Waals surface area contributed by atoms with Crippen LogP contribution in [0.2, 0.25) is 0 Å². The molecular formula is C13H23N4O2S+. The van der Waals surface area contributed by atoms with E-state index in [9.17, 15) is 9.59 Å². The number of nitrogens with one attached hydrogen (secondary N) is 1. The largest absolute Gasteiger partial charge is 0.338 e. The highest BCUT2D eigenvalue weighted by Crippen LogP contribution is 2.16. The fourth-order valence-corrected chi connectivity index (χ4v) is 2.39. The number of rotatable bonds is 6. The van der Waals surface area contributed by atoms with E-state index in [2.05, 4.69) is 4.99 Å². The van der Waals surface area contributed by atoms with Crippen LogP contribution in [0.1, 0.15) is 13.8 Å². The van der Waals surface area contributed by atoms with Gasteiger partial charge in [-0.05, 0) is 26.1 Å². The molecule has 7 heteroatoms. The van der Waals surface area contributed by atoms with Gasteiger partial charge in [-0.25, -0.2) is 0 Å². The van der Waals surface area contributed by atoms with Gasteiger partial charge in [-0.1, -0.05) is 0 Å². The van der Waals surface area contributed by atoms with E-state index in [1.165, 1.54) is 20.9 Å². The van der Waals surface area contributed by atoms with Gasteiger partial charge in [0.25, 0.3) is 0 Å². The summed E-state index contributed by atoms with van der Waals surface area (Å²) in [7, 11) is 4.06. The Morgan fingerprint density at radius 2 is 1.70 bits per heavy atom. The number of hydrogen-bond donors (Lipinski definition) is 1. The molecule has 0 saturated carbocycles. The number of carbonyl (C=O) groups is 2. The summed E-state index contributed by atoms with van der Waals surface area (Å²) < 4.78 is 0. The molecule has 0 bridgehead atoms. The molecule has 1 rings (SSSR count). The number of quaternary nitrogens is 1. The number of hydrogen-bond acceptors (Lipinski definition) is 4. The van der Waals surface area contributed by atoms with E-state index in [-0.39, 0.29) is 11.8 Å². The summed E-state index contributed by atoms with van der Waals surface area (Å²) in [5.41, 5.74) is 0. The van der Waals surface area contributed by atoms with Crippen LogP contribution < -0.4 is 4.90 Å². The van der Waals surface area contributed by atoms with Crippen LogP contribution in [0.4, 0.5) is 0 Å². The van der Waals surface area contributed by atoms with E-state index in [1.54, 1.807) is 0 Å². The maximum absolute atomic E-state index is 12.3. The fraction of sp³-hybridized carbons (Fsp3) is 0.692. The zero-order valence-electron chi connectivity index (χ0n) is 12.5. The molecule has 2 amide bonds. The molecule has 112 valence electrons. The van der Waals surface area contributed by atoms with Crippen molar-refractivity contribution in [3.63, 3.8) is 0 Å². The zero-order valence-corrected chi connectivity index (χ0v) is 13.4. The number of carbonyl (C=O) groups excluding carboxylic acids is 2. The summed E-state index contributed by atoms with van der Waals surface area (Å²) in [5.74, 6) is -1.37. The Bertz CT molecular complexity index is 397. The molecule has 0 unspecified atom stereocenters. The van der Waals surface area contributed by atoms with Crippen molar-refractivity contribution >= 4 is 35.4 Å². The molecule has 0 aromatic rings. The first-order chi connectivity index (χ1) is 9.43. The van der Waals surface area contributed by atoms with Crippen LogP contribution in [0.25, 0.3) is 0 Å². The minimum absolute atomic E-state index is 0.270. The highest BCUT2D eigenvalue weighted by atomic mass is 32.1. The summed E-state index contributed by atoms with van der Waals surface area (Å²) >= 11 is 5.19. The smallest absolute Gasteiger partial charge is 0.246 e. The van der Waals surface area contributed by atoms with Gasteiger partial charge in [0.15, 0.2) is 11.0 Å². The normalized spacial score (nSPS) is 17.9. The van der Waals surface area contributed by atoms with Gasteiger partial charge < -0.3 is 4.90 Å². The molecule has 1 N–H and O–H groups in total. The van der Waals surface area contributed by atoms with Crippen LogP contribution in [0.15, 0.2) is 4.99 Å². The number of thiocarbonyl (C=S) groups is 1. The predicted molar refractivity (Wildman–Crippen MR) is 81.9 cm³/mol. The molecule has 1 aliphatic heterocycles. The van der Waals surface area contributed by atoms with Gasteiger partial charge in [0, 0.05) is 19.3 Å². The minimum Gasteiger partial charge on any atom is -0.338 e. The second-order valence-corrected chi connectivity index (χ2v) is 5.30. The average Bonchev–Trinajstić information content (AvgIpc) is 2.38. The van der Waals surface area contributed by atoms with Crippen LogP contribution in [-0.4, -0.2) is 73.2 Å². The molecule has 1 aliphatic rings. The summed E-state index contributed by atoms with van der Waals surface area (Å²) in [6.07, 6.45) is 1.47. The SMILES string of the molecule is CCN1C(=O)C(C=NCC[NH+](C)C)C(=O)N(CC)C1=S. The van der Waals surface area contributed by atoms with Crippen molar-refractivity contribution in [1.82, 2.24) is 9.80 Å². The van der Waals surface area contributed by atoms with Crippen LogP contribution in [0, 0.1) is 5.92 Å². The topological polar surface area (TPSA) is 57.4 Å². The molecule has 0 aromatic carbocycles. The van der Waals surface area contributed by atoms with Crippen molar-refractivity contribution in [3.05, 3.63) is 0 Å². The van der Waals surface area contributed by atoms with E-state index in [0.29, 0.717) is 24.7 Å². The van der Waals surface area contributed by atoms with Crippen molar-refractivity contribution in [2.45, 2.75) is 13.8 Å². The molecular weight excluding hydrogens is 276 g/mol. The predicted octanol–water partition coefficient (Wildman–Crippen LogP) is -1.19. The lowest BCUT2D eigenvalue weighted by Crippen LogP contribution is -3.06. The lowest BCUT2D eigenvalue weighted by molar-refractivity contribution is -0.856. The summed E-state index contributed by atoms with van der Waals surface area (Å²) in [6, 6.07) is 0. The number of nitrogens with zero attached hydrogens (tertiary/aromatic N) is 3. The molecule has 1 heterocycles. The van der Waals surface area contributed by atoms with E-state index >= 15 is 0 Å². The summed E-state index contributed by atoms with van der Waals surface area (Å²) in [5, 5.41) is 0.299. The number of aliphatic imine (C=N–C) groups is 1. The third kappa shape index (κ3) is 3.61. The quantitative estimate of drug-likeness (QED) is 0.381. The van der Waals surface area contributed by atoms with Crippen molar-refractivity contribution < 1.29 is 14.5 Å². The third-order valence-electron chi connectivity index (χ3n) is 3.15. The van der Waals surface area contributed by atoms with Gasteiger partial charge in [0.2, 0.25) is 11.8 Å². The first kappa shape index (κ1) is 16.7. The lowest BCUT2D eigenvalue weighted by atomic mass is 10.1. The Hall–Kier alpha value is -1.34. The maximum Gasteiger partial charge on any atom is 0.246 e. The van der Waals surface area contributed by atoms with Crippen molar-refractivity contribution in [2.24, 2.45) is 10.9 Å². The van der Waals surface area contributed by atoms with E-state index in [4.69, 9.17) is 12.2 Å². The van der Waals surface area contributed by atoms with E-state index in [1.807, 2.05) is 27.9 Å². The maximum atomic E-state index is 12.3. The van der Waals surface area contributed by atoms with Crippen molar-refractivity contribution in [1.29, 1.82) is 0 Å². The Morgan fingerprint density at radius 3 is 2.10 bits per heavy atom. The van der Waals surface area contributed by atoms with Gasteiger partial charge in [0.1, 0.15) is 0 Å². The molecule has 0 spiro atoms. The lowest BCUT2D eigenvalue weighted by Gasteiger charge is -2.37. The molecule has 20 heavy (non-hydrogen) atoms. The minimum atomic E-state index is -0.834. The Balaban J connectivity index is 2.84. The summed E-state index contributed by atoms with van der Waals surface area (Å²) in [6.45, 7) is 6.08. The Kier molecular flexibility index (Phi) is 6.22. The highest BCUT2D eigenvalue weighted by Gasteiger charge is 2.41. The Labute approximate surface area is 125 Å². The Morgan fingerprint density at radius 1 is 1.20 bits per heavy atom.